The first-order valence-corrected chi connectivity index (χ1v) is 8.22. The summed E-state index contributed by atoms with van der Waals surface area (Å²) in [5, 5.41) is 12.0. The van der Waals surface area contributed by atoms with E-state index in [0.29, 0.717) is 34.3 Å². The molecular formula is C16H21Cl2NO. The van der Waals surface area contributed by atoms with E-state index in [1.165, 1.54) is 25.7 Å². The molecule has 2 nitrogen and oxygen atoms in total. The third-order valence-electron chi connectivity index (χ3n) is 5.15. The molecule has 0 radical (unpaired) electrons. The summed E-state index contributed by atoms with van der Waals surface area (Å²) in [5.74, 6) is 1.74. The van der Waals surface area contributed by atoms with Crippen LogP contribution in [0.3, 0.4) is 0 Å². The van der Waals surface area contributed by atoms with Crippen LogP contribution in [-0.4, -0.2) is 17.8 Å². The van der Waals surface area contributed by atoms with Gasteiger partial charge in [-0.2, -0.15) is 0 Å². The van der Waals surface area contributed by atoms with E-state index in [4.69, 9.17) is 28.9 Å². The van der Waals surface area contributed by atoms with E-state index < -0.39 is 0 Å². The summed E-state index contributed by atoms with van der Waals surface area (Å²) < 4.78 is 0. The Morgan fingerprint density at radius 3 is 2.40 bits per heavy atom. The molecule has 1 aromatic carbocycles. The fourth-order valence-electron chi connectivity index (χ4n) is 4.08. The third kappa shape index (κ3) is 2.59. The molecule has 2 aliphatic carbocycles. The van der Waals surface area contributed by atoms with Gasteiger partial charge in [-0.05, 0) is 48.3 Å². The Morgan fingerprint density at radius 1 is 1.20 bits per heavy atom. The van der Waals surface area contributed by atoms with Crippen LogP contribution in [-0.2, 0) is 0 Å². The van der Waals surface area contributed by atoms with Crippen molar-refractivity contribution in [1.29, 1.82) is 0 Å². The minimum atomic E-state index is -0.383. The van der Waals surface area contributed by atoms with Gasteiger partial charge in [0.25, 0.3) is 0 Å². The van der Waals surface area contributed by atoms with E-state index >= 15 is 0 Å². The highest BCUT2D eigenvalue weighted by Crippen LogP contribution is 2.58. The van der Waals surface area contributed by atoms with Crippen molar-refractivity contribution >= 4 is 23.2 Å². The van der Waals surface area contributed by atoms with Gasteiger partial charge in [0.05, 0.1) is 6.10 Å². The first-order valence-electron chi connectivity index (χ1n) is 7.46. The zero-order valence-corrected chi connectivity index (χ0v) is 12.9. The number of halogens is 2. The lowest BCUT2D eigenvalue weighted by molar-refractivity contribution is 0.112. The zero-order chi connectivity index (χ0) is 14.3. The normalized spacial score (nSPS) is 31.5. The van der Waals surface area contributed by atoms with Gasteiger partial charge in [-0.1, -0.05) is 42.1 Å². The molecule has 3 rings (SSSR count). The van der Waals surface area contributed by atoms with Gasteiger partial charge >= 0.3 is 0 Å². The second kappa shape index (κ2) is 5.84. The van der Waals surface area contributed by atoms with Gasteiger partial charge in [0.1, 0.15) is 0 Å². The monoisotopic (exact) mass is 313 g/mol. The fourth-order valence-corrected chi connectivity index (χ4v) is 4.62. The third-order valence-corrected chi connectivity index (χ3v) is 5.71. The molecule has 4 heteroatoms. The maximum Gasteiger partial charge on any atom is 0.0655 e. The van der Waals surface area contributed by atoms with Crippen LogP contribution in [0.5, 0.6) is 0 Å². The number of rotatable bonds is 4. The summed E-state index contributed by atoms with van der Waals surface area (Å²) in [6.45, 7) is 0.415. The van der Waals surface area contributed by atoms with Crippen LogP contribution in [0.1, 0.15) is 37.2 Å². The molecule has 4 atom stereocenters. The van der Waals surface area contributed by atoms with E-state index in [9.17, 15) is 5.11 Å². The molecule has 0 aliphatic heterocycles. The van der Waals surface area contributed by atoms with Crippen molar-refractivity contribution in [3.63, 3.8) is 0 Å². The van der Waals surface area contributed by atoms with E-state index in [2.05, 4.69) is 0 Å². The second-order valence-electron chi connectivity index (χ2n) is 6.19. The summed E-state index contributed by atoms with van der Waals surface area (Å²) in [7, 11) is 0. The Labute approximate surface area is 130 Å². The van der Waals surface area contributed by atoms with Crippen molar-refractivity contribution in [3.8, 4) is 0 Å². The lowest BCUT2D eigenvalue weighted by Gasteiger charge is -2.23. The number of aliphatic hydroxyl groups is 1. The number of fused-ring (bicyclic) bond motifs is 1. The summed E-state index contributed by atoms with van der Waals surface area (Å²) >= 11 is 12.2. The standard InChI is InChI=1S/C16H21Cl2NO/c17-9-5-6-10(14(18)7-9)13(8-19)16(20)15-11-3-1-2-4-12(11)15/h5-7,11-13,15-16,20H,1-4,8,19H2. The SMILES string of the molecule is NCC(c1ccc(Cl)cc1Cl)C(O)C1C2CCCCC21. The lowest BCUT2D eigenvalue weighted by Crippen LogP contribution is -2.28. The van der Waals surface area contributed by atoms with E-state index in [0.717, 1.165) is 5.56 Å². The van der Waals surface area contributed by atoms with Crippen LogP contribution in [0.4, 0.5) is 0 Å². The van der Waals surface area contributed by atoms with Crippen LogP contribution >= 0.6 is 23.2 Å². The summed E-state index contributed by atoms with van der Waals surface area (Å²) in [4.78, 5) is 0. The van der Waals surface area contributed by atoms with Crippen LogP contribution < -0.4 is 5.73 Å². The Kier molecular flexibility index (Phi) is 4.28. The Bertz CT molecular complexity index is 481. The Balaban J connectivity index is 1.79. The van der Waals surface area contributed by atoms with Crippen molar-refractivity contribution in [2.45, 2.75) is 37.7 Å². The van der Waals surface area contributed by atoms with Gasteiger partial charge in [0, 0.05) is 22.5 Å². The molecule has 0 spiro atoms. The molecule has 0 saturated heterocycles. The van der Waals surface area contributed by atoms with Crippen molar-refractivity contribution in [1.82, 2.24) is 0 Å². The largest absolute Gasteiger partial charge is 0.392 e. The van der Waals surface area contributed by atoms with Crippen molar-refractivity contribution in [2.75, 3.05) is 6.54 Å². The van der Waals surface area contributed by atoms with Crippen LogP contribution in [0.2, 0.25) is 10.0 Å². The fraction of sp³-hybridized carbons (Fsp3) is 0.625. The number of benzene rings is 1. The predicted molar refractivity (Wildman–Crippen MR) is 83.2 cm³/mol. The maximum atomic E-state index is 10.8. The molecule has 2 aliphatic rings. The zero-order valence-electron chi connectivity index (χ0n) is 11.4. The molecule has 110 valence electrons. The summed E-state index contributed by atoms with van der Waals surface area (Å²) in [6.07, 6.45) is 4.75. The lowest BCUT2D eigenvalue weighted by atomic mass is 9.89. The van der Waals surface area contributed by atoms with E-state index in [1.807, 2.05) is 12.1 Å². The highest BCUT2D eigenvalue weighted by molar-refractivity contribution is 6.35. The molecule has 3 N–H and O–H groups in total. The van der Waals surface area contributed by atoms with Gasteiger partial charge in [0.2, 0.25) is 0 Å². The molecule has 0 bridgehead atoms. The van der Waals surface area contributed by atoms with Crippen molar-refractivity contribution < 1.29 is 5.11 Å². The molecular weight excluding hydrogens is 293 g/mol. The first-order chi connectivity index (χ1) is 9.63. The van der Waals surface area contributed by atoms with Gasteiger partial charge < -0.3 is 10.8 Å². The molecule has 2 saturated carbocycles. The highest BCUT2D eigenvalue weighted by atomic mass is 35.5. The highest BCUT2D eigenvalue weighted by Gasteiger charge is 2.55. The average Bonchev–Trinajstić information content (AvgIpc) is 3.16. The molecule has 0 aromatic heterocycles. The van der Waals surface area contributed by atoms with Crippen molar-refractivity contribution in [2.24, 2.45) is 23.5 Å². The second-order valence-corrected chi connectivity index (χ2v) is 7.03. The smallest absolute Gasteiger partial charge is 0.0655 e. The maximum absolute atomic E-state index is 10.8. The summed E-state index contributed by atoms with van der Waals surface area (Å²) in [6, 6.07) is 5.45. The molecule has 2 fully saturated rings. The van der Waals surface area contributed by atoms with Gasteiger partial charge in [-0.15, -0.1) is 0 Å². The Morgan fingerprint density at radius 2 is 1.85 bits per heavy atom. The van der Waals surface area contributed by atoms with Crippen LogP contribution in [0.25, 0.3) is 0 Å². The molecule has 4 unspecified atom stereocenters. The molecule has 0 amide bonds. The number of hydrogen-bond acceptors (Lipinski definition) is 2. The van der Waals surface area contributed by atoms with E-state index in [1.54, 1.807) is 6.07 Å². The number of hydrogen-bond donors (Lipinski definition) is 2. The minimum Gasteiger partial charge on any atom is -0.392 e. The van der Waals surface area contributed by atoms with E-state index in [-0.39, 0.29) is 12.0 Å². The van der Waals surface area contributed by atoms with Crippen molar-refractivity contribution in [3.05, 3.63) is 33.8 Å². The van der Waals surface area contributed by atoms with Crippen LogP contribution in [0, 0.1) is 17.8 Å². The topological polar surface area (TPSA) is 46.2 Å². The quantitative estimate of drug-likeness (QED) is 0.887. The molecule has 20 heavy (non-hydrogen) atoms. The predicted octanol–water partition coefficient (Wildman–Crippen LogP) is 3.83. The Hall–Kier alpha value is -0.280. The number of nitrogens with two attached hydrogens (primary N) is 1. The van der Waals surface area contributed by atoms with Gasteiger partial charge in [0.15, 0.2) is 0 Å². The summed E-state index contributed by atoms with van der Waals surface area (Å²) in [5.41, 5.74) is 6.84. The van der Waals surface area contributed by atoms with Gasteiger partial charge in [-0.25, -0.2) is 0 Å². The molecule has 1 aromatic rings. The first kappa shape index (κ1) is 14.6. The van der Waals surface area contributed by atoms with Crippen LogP contribution in [0.15, 0.2) is 18.2 Å². The van der Waals surface area contributed by atoms with Gasteiger partial charge in [-0.3, -0.25) is 0 Å². The minimum absolute atomic E-state index is 0.0876. The molecule has 0 heterocycles. The average molecular weight is 314 g/mol. The number of aliphatic hydroxyl groups excluding tert-OH is 1.